The molecule has 1 amide bonds. The van der Waals surface area contributed by atoms with E-state index in [9.17, 15) is 4.79 Å². The molecule has 16 heavy (non-hydrogen) atoms. The van der Waals surface area contributed by atoms with Crippen LogP contribution >= 0.6 is 11.5 Å². The molecule has 0 aliphatic heterocycles. The minimum absolute atomic E-state index is 0.101. The van der Waals surface area contributed by atoms with Crippen LogP contribution in [0.15, 0.2) is 5.38 Å². The topological polar surface area (TPSA) is 51.2 Å². The van der Waals surface area contributed by atoms with E-state index >= 15 is 0 Å². The van der Waals surface area contributed by atoms with E-state index in [0.717, 1.165) is 11.4 Å². The number of hydrogen-bond donors (Lipinski definition) is 1. The average Bonchev–Trinajstić information content (AvgIpc) is 2.62. The van der Waals surface area contributed by atoms with Gasteiger partial charge in [0.2, 0.25) is 0 Å². The zero-order valence-electron chi connectivity index (χ0n) is 10.3. The molecule has 5 heteroatoms. The first kappa shape index (κ1) is 13.1. The van der Waals surface area contributed by atoms with Gasteiger partial charge in [0.05, 0.1) is 11.4 Å². The Morgan fingerprint density at radius 1 is 1.62 bits per heavy atom. The minimum Gasteiger partial charge on any atom is -0.368 e. The Hall–Kier alpha value is -0.940. The first-order valence-corrected chi connectivity index (χ1v) is 6.03. The summed E-state index contributed by atoms with van der Waals surface area (Å²) in [5.41, 5.74) is 0.786. The summed E-state index contributed by atoms with van der Waals surface area (Å²) in [5.74, 6) is -0.0299. The summed E-state index contributed by atoms with van der Waals surface area (Å²) in [6, 6.07) is 0. The van der Waals surface area contributed by atoms with E-state index in [2.05, 4.69) is 9.69 Å². The molecule has 1 rings (SSSR count). The van der Waals surface area contributed by atoms with Crippen molar-refractivity contribution in [2.45, 2.75) is 33.3 Å². The lowest BCUT2D eigenvalue weighted by Gasteiger charge is -2.30. The van der Waals surface area contributed by atoms with Gasteiger partial charge in [0.15, 0.2) is 0 Å². The predicted molar refractivity (Wildman–Crippen MR) is 65.7 cm³/mol. The Bertz CT molecular complexity index is 376. The molecule has 0 aliphatic rings. The summed E-state index contributed by atoms with van der Waals surface area (Å²) < 4.78 is 9.43. The number of nitrogens with one attached hydrogen (secondary N) is 1. The monoisotopic (exact) mass is 242 g/mol. The van der Waals surface area contributed by atoms with E-state index < -0.39 is 5.60 Å². The second-order valence-electron chi connectivity index (χ2n) is 4.23. The van der Waals surface area contributed by atoms with Gasteiger partial charge in [-0.2, -0.15) is 4.37 Å². The maximum atomic E-state index is 12.1. The highest BCUT2D eigenvalue weighted by Gasteiger charge is 2.36. The van der Waals surface area contributed by atoms with E-state index in [4.69, 9.17) is 4.74 Å². The highest BCUT2D eigenvalue weighted by atomic mass is 32.1. The first-order valence-electron chi connectivity index (χ1n) is 5.19. The van der Waals surface area contributed by atoms with Gasteiger partial charge in [0.1, 0.15) is 5.60 Å². The standard InChI is InChI=1S/C11H18N2O2S/c1-7(2)11(4,15-5)10(14)12-9-6-16-13-8(9)3/h6-7H,1-5H3,(H,12,14). The van der Waals surface area contributed by atoms with Crippen LogP contribution in [0.4, 0.5) is 5.69 Å². The number of nitrogens with zero attached hydrogens (tertiary/aromatic N) is 1. The van der Waals surface area contributed by atoms with Gasteiger partial charge >= 0.3 is 0 Å². The van der Waals surface area contributed by atoms with Crippen LogP contribution in [0.5, 0.6) is 0 Å². The van der Waals surface area contributed by atoms with E-state index in [1.165, 1.54) is 11.5 Å². The van der Waals surface area contributed by atoms with E-state index in [1.807, 2.05) is 26.2 Å². The molecular formula is C11H18N2O2S. The zero-order valence-corrected chi connectivity index (χ0v) is 11.1. The number of carbonyl (C=O) groups is 1. The number of amides is 1. The van der Waals surface area contributed by atoms with Crippen molar-refractivity contribution in [3.63, 3.8) is 0 Å². The van der Waals surface area contributed by atoms with Crippen LogP contribution in [0.1, 0.15) is 26.5 Å². The summed E-state index contributed by atoms with van der Waals surface area (Å²) in [4.78, 5) is 12.1. The summed E-state index contributed by atoms with van der Waals surface area (Å²) in [6.45, 7) is 7.58. The molecule has 0 saturated heterocycles. The van der Waals surface area contributed by atoms with Crippen molar-refractivity contribution >= 4 is 23.1 Å². The van der Waals surface area contributed by atoms with Gasteiger partial charge in [-0.15, -0.1) is 0 Å². The Morgan fingerprint density at radius 3 is 2.62 bits per heavy atom. The molecule has 1 aromatic rings. The Kier molecular flexibility index (Phi) is 4.04. The number of aromatic nitrogens is 1. The van der Waals surface area contributed by atoms with Gasteiger partial charge in [0, 0.05) is 12.5 Å². The molecule has 1 heterocycles. The molecule has 0 aliphatic carbocycles. The third-order valence-electron chi connectivity index (χ3n) is 2.97. The van der Waals surface area contributed by atoms with E-state index in [0.29, 0.717) is 0 Å². The maximum Gasteiger partial charge on any atom is 0.256 e. The molecule has 0 bridgehead atoms. The van der Waals surface area contributed by atoms with E-state index in [1.54, 1.807) is 14.0 Å². The largest absolute Gasteiger partial charge is 0.368 e. The van der Waals surface area contributed by atoms with Gasteiger partial charge in [-0.05, 0) is 31.3 Å². The number of rotatable bonds is 4. The molecule has 0 spiro atoms. The lowest BCUT2D eigenvalue weighted by Crippen LogP contribution is -2.46. The first-order chi connectivity index (χ1) is 7.41. The number of ether oxygens (including phenoxy) is 1. The van der Waals surface area contributed by atoms with Crippen molar-refractivity contribution in [1.29, 1.82) is 0 Å². The van der Waals surface area contributed by atoms with Crippen molar-refractivity contribution < 1.29 is 9.53 Å². The average molecular weight is 242 g/mol. The lowest BCUT2D eigenvalue weighted by molar-refractivity contribution is -0.140. The molecule has 1 atom stereocenters. The van der Waals surface area contributed by atoms with Crippen LogP contribution in [-0.2, 0) is 9.53 Å². The van der Waals surface area contributed by atoms with Crippen LogP contribution < -0.4 is 5.32 Å². The normalized spacial score (nSPS) is 14.9. The molecule has 0 aromatic carbocycles. The molecule has 1 unspecified atom stereocenters. The molecule has 4 nitrogen and oxygen atoms in total. The van der Waals surface area contributed by atoms with Gasteiger partial charge in [-0.3, -0.25) is 4.79 Å². The molecule has 0 radical (unpaired) electrons. The van der Waals surface area contributed by atoms with Crippen LogP contribution in [0.3, 0.4) is 0 Å². The summed E-state index contributed by atoms with van der Waals surface area (Å²) in [7, 11) is 1.55. The zero-order chi connectivity index (χ0) is 12.3. The Labute approximate surface area is 100 Å². The minimum atomic E-state index is -0.811. The third kappa shape index (κ3) is 2.41. The van der Waals surface area contributed by atoms with Crippen LogP contribution in [0.25, 0.3) is 0 Å². The van der Waals surface area contributed by atoms with Crippen LogP contribution in [-0.4, -0.2) is 23.0 Å². The van der Waals surface area contributed by atoms with Crippen molar-refractivity contribution in [3.8, 4) is 0 Å². The second kappa shape index (κ2) is 4.93. The number of aryl methyl sites for hydroxylation is 1. The maximum absolute atomic E-state index is 12.1. The van der Waals surface area contributed by atoms with Gasteiger partial charge in [-0.1, -0.05) is 13.8 Å². The molecule has 1 aromatic heterocycles. The fourth-order valence-corrected chi connectivity index (χ4v) is 1.89. The third-order valence-corrected chi connectivity index (χ3v) is 3.70. The van der Waals surface area contributed by atoms with E-state index in [-0.39, 0.29) is 11.8 Å². The number of hydrogen-bond acceptors (Lipinski definition) is 4. The molecular weight excluding hydrogens is 224 g/mol. The lowest BCUT2D eigenvalue weighted by atomic mass is 9.91. The van der Waals surface area contributed by atoms with Gasteiger partial charge in [-0.25, -0.2) is 0 Å². The number of methoxy groups -OCH3 is 1. The van der Waals surface area contributed by atoms with Crippen molar-refractivity contribution in [2.75, 3.05) is 12.4 Å². The summed E-state index contributed by atoms with van der Waals surface area (Å²) in [5, 5.41) is 4.67. The SMILES string of the molecule is COC(C)(C(=O)Nc1csnc1C)C(C)C. The fourth-order valence-electron chi connectivity index (χ4n) is 1.25. The predicted octanol–water partition coefficient (Wildman–Crippen LogP) is 2.45. The molecule has 1 N–H and O–H groups in total. The fraction of sp³-hybridized carbons (Fsp3) is 0.636. The summed E-state index contributed by atoms with van der Waals surface area (Å²) >= 11 is 1.33. The summed E-state index contributed by atoms with van der Waals surface area (Å²) in [6.07, 6.45) is 0. The second-order valence-corrected chi connectivity index (χ2v) is 4.86. The van der Waals surface area contributed by atoms with Gasteiger partial charge < -0.3 is 10.1 Å². The van der Waals surface area contributed by atoms with Crippen molar-refractivity contribution in [3.05, 3.63) is 11.1 Å². The Balaban J connectivity index is 2.83. The number of carbonyl (C=O) groups excluding carboxylic acids is 1. The van der Waals surface area contributed by atoms with Gasteiger partial charge in [0.25, 0.3) is 5.91 Å². The number of anilines is 1. The quantitative estimate of drug-likeness (QED) is 0.882. The molecule has 0 saturated carbocycles. The van der Waals surface area contributed by atoms with Crippen LogP contribution in [0, 0.1) is 12.8 Å². The van der Waals surface area contributed by atoms with Crippen molar-refractivity contribution in [1.82, 2.24) is 4.37 Å². The van der Waals surface area contributed by atoms with Crippen LogP contribution in [0.2, 0.25) is 0 Å². The highest BCUT2D eigenvalue weighted by Crippen LogP contribution is 2.24. The smallest absolute Gasteiger partial charge is 0.256 e. The highest BCUT2D eigenvalue weighted by molar-refractivity contribution is 7.04. The van der Waals surface area contributed by atoms with Crippen molar-refractivity contribution in [2.24, 2.45) is 5.92 Å². The Morgan fingerprint density at radius 2 is 2.25 bits per heavy atom. The molecule has 90 valence electrons. The molecule has 0 fully saturated rings.